The molecule has 2 aliphatic rings. The van der Waals surface area contributed by atoms with Crippen molar-refractivity contribution in [2.24, 2.45) is 17.8 Å². The van der Waals surface area contributed by atoms with Gasteiger partial charge in [0.15, 0.2) is 5.76 Å². The first-order chi connectivity index (χ1) is 11.7. The number of hydrogen-bond acceptors (Lipinski definition) is 4. The second-order valence-corrected chi connectivity index (χ2v) is 7.91. The first kappa shape index (κ1) is 15.8. The van der Waals surface area contributed by atoms with Gasteiger partial charge in [-0.3, -0.25) is 0 Å². The van der Waals surface area contributed by atoms with Gasteiger partial charge < -0.3 is 4.52 Å². The van der Waals surface area contributed by atoms with Crippen LogP contribution >= 0.6 is 0 Å². The third-order valence-electron chi connectivity index (χ3n) is 5.72. The first-order valence-corrected chi connectivity index (χ1v) is 9.46. The Morgan fingerprint density at radius 1 is 1.04 bits per heavy atom. The number of aryl methyl sites for hydroxylation is 1. The molecular weight excluding hydrogens is 298 g/mol. The van der Waals surface area contributed by atoms with E-state index < -0.39 is 0 Å². The standard InChI is InChI=1S/C20H27N3O/c1-13-3-5-16(6-4-13)12-19-21-10-9-18(22-19)20-17(11-15-7-8-15)14(2)23-24-20/h9-10,13,15-16H,3-8,11-12H2,1-2H3. The van der Waals surface area contributed by atoms with Gasteiger partial charge in [0.1, 0.15) is 11.5 Å². The number of rotatable bonds is 5. The number of nitrogens with zero attached hydrogens (tertiary/aromatic N) is 3. The Balaban J connectivity index is 1.52. The molecular formula is C20H27N3O. The summed E-state index contributed by atoms with van der Waals surface area (Å²) >= 11 is 0. The molecule has 0 unspecified atom stereocenters. The Labute approximate surface area is 144 Å². The molecule has 24 heavy (non-hydrogen) atoms. The fourth-order valence-electron chi connectivity index (χ4n) is 3.86. The van der Waals surface area contributed by atoms with E-state index in [1.165, 1.54) is 44.1 Å². The van der Waals surface area contributed by atoms with Crippen LogP contribution in [0.3, 0.4) is 0 Å². The Morgan fingerprint density at radius 2 is 1.75 bits per heavy atom. The molecule has 0 radical (unpaired) electrons. The van der Waals surface area contributed by atoms with Crippen LogP contribution in [0.1, 0.15) is 62.5 Å². The maximum atomic E-state index is 5.63. The van der Waals surface area contributed by atoms with E-state index in [9.17, 15) is 0 Å². The van der Waals surface area contributed by atoms with Crippen molar-refractivity contribution in [2.75, 3.05) is 0 Å². The van der Waals surface area contributed by atoms with E-state index in [1.807, 2.05) is 19.2 Å². The molecule has 2 saturated carbocycles. The topological polar surface area (TPSA) is 51.8 Å². The summed E-state index contributed by atoms with van der Waals surface area (Å²) in [6.07, 6.45) is 11.9. The van der Waals surface area contributed by atoms with E-state index in [4.69, 9.17) is 9.51 Å². The minimum Gasteiger partial charge on any atom is -0.354 e. The molecule has 0 aromatic carbocycles. The Bertz CT molecular complexity index is 697. The molecule has 2 heterocycles. The summed E-state index contributed by atoms with van der Waals surface area (Å²) in [5.41, 5.74) is 3.16. The van der Waals surface area contributed by atoms with E-state index in [0.717, 1.165) is 53.6 Å². The smallest absolute Gasteiger partial charge is 0.188 e. The Morgan fingerprint density at radius 3 is 2.50 bits per heavy atom. The van der Waals surface area contributed by atoms with Crippen LogP contribution in [0.5, 0.6) is 0 Å². The van der Waals surface area contributed by atoms with Crippen LogP contribution in [-0.2, 0) is 12.8 Å². The molecule has 0 spiro atoms. The monoisotopic (exact) mass is 325 g/mol. The van der Waals surface area contributed by atoms with Gasteiger partial charge in [-0.25, -0.2) is 9.97 Å². The first-order valence-electron chi connectivity index (χ1n) is 9.46. The molecule has 0 aliphatic heterocycles. The van der Waals surface area contributed by atoms with Gasteiger partial charge in [-0.1, -0.05) is 24.9 Å². The van der Waals surface area contributed by atoms with Crippen molar-refractivity contribution in [1.29, 1.82) is 0 Å². The molecule has 0 saturated heterocycles. The summed E-state index contributed by atoms with van der Waals surface area (Å²) in [6, 6.07) is 1.96. The minimum atomic E-state index is 0.735. The van der Waals surface area contributed by atoms with Crippen LogP contribution in [0.2, 0.25) is 0 Å². The van der Waals surface area contributed by atoms with E-state index >= 15 is 0 Å². The lowest BCUT2D eigenvalue weighted by molar-refractivity contribution is 0.286. The lowest BCUT2D eigenvalue weighted by Gasteiger charge is -2.25. The molecule has 4 nitrogen and oxygen atoms in total. The van der Waals surface area contributed by atoms with Crippen LogP contribution in [0.15, 0.2) is 16.8 Å². The average Bonchev–Trinajstić information content (AvgIpc) is 3.33. The van der Waals surface area contributed by atoms with Gasteiger partial charge in [-0.2, -0.15) is 0 Å². The molecule has 2 aromatic heterocycles. The molecule has 128 valence electrons. The van der Waals surface area contributed by atoms with Crippen LogP contribution in [0.4, 0.5) is 0 Å². The molecule has 0 amide bonds. The van der Waals surface area contributed by atoms with E-state index in [1.54, 1.807) is 0 Å². The summed E-state index contributed by atoms with van der Waals surface area (Å²) in [5, 5.41) is 4.19. The second-order valence-electron chi connectivity index (χ2n) is 7.91. The lowest BCUT2D eigenvalue weighted by atomic mass is 9.81. The minimum absolute atomic E-state index is 0.735. The Kier molecular flexibility index (Phi) is 4.38. The zero-order valence-electron chi connectivity index (χ0n) is 14.8. The zero-order valence-corrected chi connectivity index (χ0v) is 14.8. The van der Waals surface area contributed by atoms with Crippen molar-refractivity contribution in [3.63, 3.8) is 0 Å². The van der Waals surface area contributed by atoms with E-state index in [2.05, 4.69) is 17.1 Å². The van der Waals surface area contributed by atoms with Crippen molar-refractivity contribution in [2.45, 2.75) is 65.2 Å². The molecule has 0 bridgehead atoms. The van der Waals surface area contributed by atoms with Crippen molar-refractivity contribution < 1.29 is 4.52 Å². The molecule has 2 fully saturated rings. The van der Waals surface area contributed by atoms with Gasteiger partial charge in [0.2, 0.25) is 0 Å². The third-order valence-corrected chi connectivity index (χ3v) is 5.72. The van der Waals surface area contributed by atoms with Crippen molar-refractivity contribution in [3.05, 3.63) is 29.3 Å². The fraction of sp³-hybridized carbons (Fsp3) is 0.650. The molecule has 4 rings (SSSR count). The van der Waals surface area contributed by atoms with Gasteiger partial charge >= 0.3 is 0 Å². The van der Waals surface area contributed by atoms with E-state index in [-0.39, 0.29) is 0 Å². The maximum Gasteiger partial charge on any atom is 0.188 e. The third kappa shape index (κ3) is 3.52. The molecule has 0 atom stereocenters. The Hall–Kier alpha value is -1.71. The highest BCUT2D eigenvalue weighted by molar-refractivity contribution is 5.57. The largest absolute Gasteiger partial charge is 0.354 e. The summed E-state index contributed by atoms with van der Waals surface area (Å²) in [4.78, 5) is 9.33. The number of hydrogen-bond donors (Lipinski definition) is 0. The SMILES string of the molecule is Cc1noc(-c2ccnc(CC3CCC(C)CC3)n2)c1CC1CC1. The summed E-state index contributed by atoms with van der Waals surface area (Å²) < 4.78 is 5.63. The second kappa shape index (κ2) is 6.66. The predicted octanol–water partition coefficient (Wildman–Crippen LogP) is 4.76. The summed E-state index contributed by atoms with van der Waals surface area (Å²) in [7, 11) is 0. The predicted molar refractivity (Wildman–Crippen MR) is 93.5 cm³/mol. The highest BCUT2D eigenvalue weighted by atomic mass is 16.5. The number of aromatic nitrogens is 3. The van der Waals surface area contributed by atoms with Gasteiger partial charge in [0.05, 0.1) is 5.69 Å². The van der Waals surface area contributed by atoms with E-state index in [0.29, 0.717) is 0 Å². The van der Waals surface area contributed by atoms with Gasteiger partial charge in [0.25, 0.3) is 0 Å². The van der Waals surface area contributed by atoms with Crippen LogP contribution < -0.4 is 0 Å². The normalized spacial score (nSPS) is 24.2. The van der Waals surface area contributed by atoms with Crippen molar-refractivity contribution in [1.82, 2.24) is 15.1 Å². The van der Waals surface area contributed by atoms with Crippen LogP contribution in [0, 0.1) is 24.7 Å². The quantitative estimate of drug-likeness (QED) is 0.795. The van der Waals surface area contributed by atoms with Gasteiger partial charge in [0, 0.05) is 18.2 Å². The van der Waals surface area contributed by atoms with Crippen molar-refractivity contribution >= 4 is 0 Å². The molecule has 2 aromatic rings. The summed E-state index contributed by atoms with van der Waals surface area (Å²) in [6.45, 7) is 4.40. The fourth-order valence-corrected chi connectivity index (χ4v) is 3.86. The lowest BCUT2D eigenvalue weighted by Crippen LogP contribution is -2.15. The van der Waals surface area contributed by atoms with Crippen LogP contribution in [-0.4, -0.2) is 15.1 Å². The molecule has 0 N–H and O–H groups in total. The molecule has 4 heteroatoms. The average molecular weight is 325 g/mol. The van der Waals surface area contributed by atoms with Gasteiger partial charge in [-0.05, 0) is 62.8 Å². The molecule has 2 aliphatic carbocycles. The van der Waals surface area contributed by atoms with Gasteiger partial charge in [-0.15, -0.1) is 0 Å². The highest BCUT2D eigenvalue weighted by Crippen LogP contribution is 2.37. The summed E-state index contributed by atoms with van der Waals surface area (Å²) in [5.74, 6) is 4.25. The van der Waals surface area contributed by atoms with Crippen LogP contribution in [0.25, 0.3) is 11.5 Å². The van der Waals surface area contributed by atoms with Crippen molar-refractivity contribution in [3.8, 4) is 11.5 Å². The maximum absolute atomic E-state index is 5.63. The highest BCUT2D eigenvalue weighted by Gasteiger charge is 2.27. The zero-order chi connectivity index (χ0) is 16.5.